The first-order valence-corrected chi connectivity index (χ1v) is 10.5. The molecule has 34 heavy (non-hydrogen) atoms. The first-order chi connectivity index (χ1) is 16.5. The Morgan fingerprint density at radius 1 is 1.12 bits per heavy atom. The highest BCUT2D eigenvalue weighted by molar-refractivity contribution is 5.80. The SMILES string of the molecule is O=C1CC(c2ccc(OCc3ccccc3F)cc2)c2c(n[nH]c2-c2cccc([N+](=O)[O-])c2)O1. The minimum atomic E-state index is -0.468. The zero-order valence-corrected chi connectivity index (χ0v) is 17.7. The number of benzene rings is 3. The summed E-state index contributed by atoms with van der Waals surface area (Å²) in [5.41, 5.74) is 2.99. The summed E-state index contributed by atoms with van der Waals surface area (Å²) in [7, 11) is 0. The van der Waals surface area contributed by atoms with Crippen LogP contribution in [0, 0.1) is 15.9 Å². The maximum absolute atomic E-state index is 13.8. The van der Waals surface area contributed by atoms with Crippen molar-refractivity contribution in [2.75, 3.05) is 0 Å². The van der Waals surface area contributed by atoms with Gasteiger partial charge in [-0.2, -0.15) is 0 Å². The Labute approximate surface area is 193 Å². The Morgan fingerprint density at radius 3 is 2.68 bits per heavy atom. The van der Waals surface area contributed by atoms with Crippen LogP contribution in [0.5, 0.6) is 11.6 Å². The number of nitro groups is 1. The molecule has 1 unspecified atom stereocenters. The monoisotopic (exact) mass is 459 g/mol. The van der Waals surface area contributed by atoms with Crippen molar-refractivity contribution >= 4 is 11.7 Å². The van der Waals surface area contributed by atoms with E-state index in [1.54, 1.807) is 42.5 Å². The molecule has 4 aromatic rings. The van der Waals surface area contributed by atoms with Gasteiger partial charge in [0.25, 0.3) is 5.69 Å². The molecular formula is C25H18FN3O5. The van der Waals surface area contributed by atoms with E-state index in [1.165, 1.54) is 18.2 Å². The summed E-state index contributed by atoms with van der Waals surface area (Å²) in [6.45, 7) is 0.0879. The predicted molar refractivity (Wildman–Crippen MR) is 120 cm³/mol. The number of H-pyrrole nitrogens is 1. The Hall–Kier alpha value is -4.53. The van der Waals surface area contributed by atoms with Crippen molar-refractivity contribution in [3.05, 3.63) is 105 Å². The van der Waals surface area contributed by atoms with Gasteiger partial charge in [0.1, 0.15) is 18.2 Å². The third kappa shape index (κ3) is 4.11. The average molecular weight is 459 g/mol. The molecule has 0 spiro atoms. The lowest BCUT2D eigenvalue weighted by Crippen LogP contribution is -2.20. The number of esters is 1. The summed E-state index contributed by atoms with van der Waals surface area (Å²) < 4.78 is 24.8. The third-order valence-corrected chi connectivity index (χ3v) is 5.68. The summed E-state index contributed by atoms with van der Waals surface area (Å²) in [5.74, 6) is -0.417. The van der Waals surface area contributed by atoms with Crippen LogP contribution >= 0.6 is 0 Å². The molecule has 1 atom stereocenters. The highest BCUT2D eigenvalue weighted by Crippen LogP contribution is 2.43. The number of non-ortho nitro benzene ring substituents is 1. The van der Waals surface area contributed by atoms with Crippen LogP contribution in [0.4, 0.5) is 10.1 Å². The van der Waals surface area contributed by atoms with Gasteiger partial charge in [-0.15, -0.1) is 5.10 Å². The molecule has 9 heteroatoms. The topological polar surface area (TPSA) is 107 Å². The number of carbonyl (C=O) groups is 1. The molecule has 1 aliphatic rings. The molecule has 0 aliphatic carbocycles. The van der Waals surface area contributed by atoms with Gasteiger partial charge in [0.05, 0.1) is 22.6 Å². The number of nitro benzene ring substituents is 1. The lowest BCUT2D eigenvalue weighted by molar-refractivity contribution is -0.384. The van der Waals surface area contributed by atoms with Gasteiger partial charge in [-0.1, -0.05) is 42.5 Å². The van der Waals surface area contributed by atoms with E-state index in [0.29, 0.717) is 28.1 Å². The van der Waals surface area contributed by atoms with Crippen LogP contribution in [0.1, 0.15) is 29.0 Å². The summed E-state index contributed by atoms with van der Waals surface area (Å²) in [6.07, 6.45) is 0.0872. The zero-order valence-electron chi connectivity index (χ0n) is 17.7. The number of hydrogen-bond acceptors (Lipinski definition) is 6. The van der Waals surface area contributed by atoms with Gasteiger partial charge < -0.3 is 9.47 Å². The number of halogens is 1. The first kappa shape index (κ1) is 21.3. The van der Waals surface area contributed by atoms with Gasteiger partial charge in [0, 0.05) is 29.2 Å². The quantitative estimate of drug-likeness (QED) is 0.243. The van der Waals surface area contributed by atoms with Gasteiger partial charge in [0.15, 0.2) is 0 Å². The van der Waals surface area contributed by atoms with E-state index in [4.69, 9.17) is 9.47 Å². The largest absolute Gasteiger partial charge is 0.489 e. The number of rotatable bonds is 6. The van der Waals surface area contributed by atoms with E-state index in [1.807, 2.05) is 12.1 Å². The van der Waals surface area contributed by atoms with E-state index in [-0.39, 0.29) is 36.3 Å². The van der Waals surface area contributed by atoms with Crippen LogP contribution in [-0.2, 0) is 11.4 Å². The lowest BCUT2D eigenvalue weighted by Gasteiger charge is -2.22. The molecule has 0 saturated carbocycles. The molecule has 0 radical (unpaired) electrons. The van der Waals surface area contributed by atoms with Crippen molar-refractivity contribution in [1.82, 2.24) is 10.2 Å². The second kappa shape index (κ2) is 8.78. The van der Waals surface area contributed by atoms with Gasteiger partial charge in [0.2, 0.25) is 5.88 Å². The fraction of sp³-hybridized carbons (Fsp3) is 0.120. The minimum Gasteiger partial charge on any atom is -0.489 e. The fourth-order valence-electron chi connectivity index (χ4n) is 4.01. The predicted octanol–water partition coefficient (Wildman–Crippen LogP) is 5.14. The van der Waals surface area contributed by atoms with Crippen LogP contribution in [0.3, 0.4) is 0 Å². The van der Waals surface area contributed by atoms with Crippen molar-refractivity contribution in [1.29, 1.82) is 0 Å². The first-order valence-electron chi connectivity index (χ1n) is 10.5. The van der Waals surface area contributed by atoms with E-state index in [9.17, 15) is 19.3 Å². The van der Waals surface area contributed by atoms with Crippen LogP contribution in [-0.4, -0.2) is 21.1 Å². The molecule has 170 valence electrons. The average Bonchev–Trinajstić information content (AvgIpc) is 3.27. The molecule has 0 saturated heterocycles. The molecule has 3 aromatic carbocycles. The molecule has 2 heterocycles. The Kier molecular flexibility index (Phi) is 5.51. The van der Waals surface area contributed by atoms with Crippen LogP contribution in [0.2, 0.25) is 0 Å². The van der Waals surface area contributed by atoms with Gasteiger partial charge in [-0.25, -0.2) is 4.39 Å². The fourth-order valence-corrected chi connectivity index (χ4v) is 4.01. The zero-order chi connectivity index (χ0) is 23.7. The number of ether oxygens (including phenoxy) is 2. The smallest absolute Gasteiger partial charge is 0.313 e. The molecule has 8 nitrogen and oxygen atoms in total. The molecule has 1 N–H and O–H groups in total. The molecule has 0 bridgehead atoms. The molecule has 1 aliphatic heterocycles. The number of hydrogen-bond donors (Lipinski definition) is 1. The Balaban J connectivity index is 1.44. The molecular weight excluding hydrogens is 441 g/mol. The Bertz CT molecular complexity index is 1380. The second-order valence-electron chi connectivity index (χ2n) is 7.80. The van der Waals surface area contributed by atoms with Gasteiger partial charge in [-0.05, 0) is 23.8 Å². The van der Waals surface area contributed by atoms with Crippen molar-refractivity contribution < 1.29 is 23.6 Å². The van der Waals surface area contributed by atoms with E-state index < -0.39 is 10.9 Å². The number of nitrogens with zero attached hydrogens (tertiary/aromatic N) is 2. The van der Waals surface area contributed by atoms with E-state index in [0.717, 1.165) is 5.56 Å². The number of fused-ring (bicyclic) bond motifs is 1. The maximum Gasteiger partial charge on any atom is 0.313 e. The normalized spacial score (nSPS) is 14.9. The van der Waals surface area contributed by atoms with E-state index in [2.05, 4.69) is 10.2 Å². The number of aromatic nitrogens is 2. The Morgan fingerprint density at radius 2 is 1.91 bits per heavy atom. The number of nitrogens with one attached hydrogen (secondary N) is 1. The maximum atomic E-state index is 13.8. The van der Waals surface area contributed by atoms with Gasteiger partial charge >= 0.3 is 5.97 Å². The molecule has 0 amide bonds. The number of carbonyl (C=O) groups excluding carboxylic acids is 1. The lowest BCUT2D eigenvalue weighted by atomic mass is 9.85. The van der Waals surface area contributed by atoms with Crippen LogP contribution in [0.15, 0.2) is 72.8 Å². The number of aromatic amines is 1. The van der Waals surface area contributed by atoms with Gasteiger partial charge in [-0.3, -0.25) is 20.0 Å². The summed E-state index contributed by atoms with van der Waals surface area (Å²) in [6, 6.07) is 19.7. The van der Waals surface area contributed by atoms with E-state index >= 15 is 0 Å². The summed E-state index contributed by atoms with van der Waals surface area (Å²) in [5, 5.41) is 18.2. The molecule has 5 rings (SSSR count). The van der Waals surface area contributed by atoms with Crippen molar-refractivity contribution in [3.8, 4) is 22.9 Å². The molecule has 1 aromatic heterocycles. The standard InChI is InChI=1S/C25H18FN3O5/c26-21-7-2-1-4-17(21)14-33-19-10-8-15(9-11-19)20-13-22(30)34-25-23(20)24(27-28-25)16-5-3-6-18(12-16)29(31)32/h1-12,20H,13-14H2,(H,27,28). The third-order valence-electron chi connectivity index (χ3n) is 5.68. The second-order valence-corrected chi connectivity index (χ2v) is 7.80. The van der Waals surface area contributed by atoms with Crippen molar-refractivity contribution in [2.24, 2.45) is 0 Å². The van der Waals surface area contributed by atoms with Crippen molar-refractivity contribution in [3.63, 3.8) is 0 Å². The van der Waals surface area contributed by atoms with Crippen LogP contribution in [0.25, 0.3) is 11.3 Å². The summed E-state index contributed by atoms with van der Waals surface area (Å²) >= 11 is 0. The molecule has 0 fully saturated rings. The summed E-state index contributed by atoms with van der Waals surface area (Å²) in [4.78, 5) is 23.0. The highest BCUT2D eigenvalue weighted by atomic mass is 19.1. The minimum absolute atomic E-state index is 0.0541. The van der Waals surface area contributed by atoms with Crippen LogP contribution < -0.4 is 9.47 Å². The highest BCUT2D eigenvalue weighted by Gasteiger charge is 2.34. The van der Waals surface area contributed by atoms with Crippen molar-refractivity contribution in [2.45, 2.75) is 18.9 Å².